The lowest BCUT2D eigenvalue weighted by atomic mass is 10.2. The Balaban J connectivity index is 2.48. The number of ether oxygens (including phenoxy) is 1. The van der Waals surface area contributed by atoms with Crippen LogP contribution in [0.3, 0.4) is 0 Å². The Labute approximate surface area is 108 Å². The third-order valence-corrected chi connectivity index (χ3v) is 3.86. The average molecular weight is 257 g/mol. The second-order valence-corrected chi connectivity index (χ2v) is 6.13. The number of nitrogens with one attached hydrogen (secondary N) is 1. The molecule has 0 amide bonds. The molecule has 0 unspecified atom stereocenters. The smallest absolute Gasteiger partial charge is 0.202 e. The molecule has 0 radical (unpaired) electrons. The van der Waals surface area contributed by atoms with Crippen LogP contribution in [0.4, 0.5) is 5.95 Å². The molecular formula is C12H23N3OS. The van der Waals surface area contributed by atoms with E-state index in [0.717, 1.165) is 32.1 Å². The van der Waals surface area contributed by atoms with Crippen molar-refractivity contribution in [3.8, 4) is 0 Å². The van der Waals surface area contributed by atoms with Gasteiger partial charge < -0.3 is 14.6 Å². The molecule has 1 rings (SSSR count). The fourth-order valence-electron chi connectivity index (χ4n) is 1.50. The second-order valence-electron chi connectivity index (χ2n) is 4.62. The van der Waals surface area contributed by atoms with Crippen LogP contribution in [0.25, 0.3) is 0 Å². The summed E-state index contributed by atoms with van der Waals surface area (Å²) in [5.41, 5.74) is 0. The quantitative estimate of drug-likeness (QED) is 0.726. The summed E-state index contributed by atoms with van der Waals surface area (Å²) in [6.07, 6.45) is 7.00. The van der Waals surface area contributed by atoms with E-state index in [-0.39, 0.29) is 4.75 Å². The first-order chi connectivity index (χ1) is 8.09. The van der Waals surface area contributed by atoms with E-state index in [2.05, 4.69) is 35.0 Å². The van der Waals surface area contributed by atoms with Crippen molar-refractivity contribution in [2.45, 2.75) is 31.6 Å². The van der Waals surface area contributed by atoms with Gasteiger partial charge in [0, 0.05) is 43.9 Å². The monoisotopic (exact) mass is 257 g/mol. The van der Waals surface area contributed by atoms with Crippen LogP contribution in [0, 0.1) is 0 Å². The van der Waals surface area contributed by atoms with E-state index >= 15 is 0 Å². The SMILES string of the molecule is COCCCNc1nccn1CC(C)(C)SC. The zero-order chi connectivity index (χ0) is 12.7. The Morgan fingerprint density at radius 2 is 2.29 bits per heavy atom. The van der Waals surface area contributed by atoms with Gasteiger partial charge in [-0.25, -0.2) is 4.98 Å². The highest BCUT2D eigenvalue weighted by molar-refractivity contribution is 7.99. The fourth-order valence-corrected chi connectivity index (χ4v) is 1.76. The summed E-state index contributed by atoms with van der Waals surface area (Å²) in [4.78, 5) is 4.33. The molecule has 0 fully saturated rings. The van der Waals surface area contributed by atoms with Gasteiger partial charge in [0.05, 0.1) is 0 Å². The van der Waals surface area contributed by atoms with Crippen LogP contribution in [-0.2, 0) is 11.3 Å². The molecule has 98 valence electrons. The summed E-state index contributed by atoms with van der Waals surface area (Å²) >= 11 is 1.87. The lowest BCUT2D eigenvalue weighted by molar-refractivity contribution is 0.197. The van der Waals surface area contributed by atoms with E-state index in [1.54, 1.807) is 7.11 Å². The van der Waals surface area contributed by atoms with Gasteiger partial charge in [0.15, 0.2) is 0 Å². The number of hydrogen-bond acceptors (Lipinski definition) is 4. The number of hydrogen-bond donors (Lipinski definition) is 1. The molecular weight excluding hydrogens is 234 g/mol. The maximum atomic E-state index is 5.02. The zero-order valence-electron chi connectivity index (χ0n) is 11.2. The summed E-state index contributed by atoms with van der Waals surface area (Å²) in [6, 6.07) is 0. The number of rotatable bonds is 8. The lowest BCUT2D eigenvalue weighted by Gasteiger charge is -2.23. The van der Waals surface area contributed by atoms with Gasteiger partial charge in [0.1, 0.15) is 0 Å². The van der Waals surface area contributed by atoms with E-state index in [1.807, 2.05) is 24.2 Å². The van der Waals surface area contributed by atoms with Gasteiger partial charge in [-0.15, -0.1) is 0 Å². The van der Waals surface area contributed by atoms with Gasteiger partial charge >= 0.3 is 0 Å². The molecule has 5 heteroatoms. The maximum Gasteiger partial charge on any atom is 0.202 e. The Morgan fingerprint density at radius 1 is 1.53 bits per heavy atom. The fraction of sp³-hybridized carbons (Fsp3) is 0.750. The summed E-state index contributed by atoms with van der Waals surface area (Å²) in [5.74, 6) is 0.947. The number of thioether (sulfide) groups is 1. The van der Waals surface area contributed by atoms with Gasteiger partial charge in [0.2, 0.25) is 5.95 Å². The van der Waals surface area contributed by atoms with Crippen LogP contribution in [0.2, 0.25) is 0 Å². The summed E-state index contributed by atoms with van der Waals surface area (Å²) < 4.78 is 7.41. The number of imidazole rings is 1. The minimum absolute atomic E-state index is 0.226. The molecule has 1 N–H and O–H groups in total. The summed E-state index contributed by atoms with van der Waals surface area (Å²) in [5, 5.41) is 3.34. The van der Waals surface area contributed by atoms with Gasteiger partial charge in [-0.05, 0) is 26.5 Å². The molecule has 0 aromatic carbocycles. The van der Waals surface area contributed by atoms with E-state index in [9.17, 15) is 0 Å². The van der Waals surface area contributed by atoms with Gasteiger partial charge in [-0.3, -0.25) is 0 Å². The molecule has 1 heterocycles. The zero-order valence-corrected chi connectivity index (χ0v) is 12.0. The minimum Gasteiger partial charge on any atom is -0.385 e. The van der Waals surface area contributed by atoms with Crippen molar-refractivity contribution in [1.29, 1.82) is 0 Å². The van der Waals surface area contributed by atoms with E-state index in [1.165, 1.54) is 0 Å². The summed E-state index contributed by atoms with van der Waals surface area (Å²) in [7, 11) is 1.72. The molecule has 0 saturated heterocycles. The Morgan fingerprint density at radius 3 is 2.94 bits per heavy atom. The van der Waals surface area contributed by atoms with E-state index in [4.69, 9.17) is 4.74 Å². The second kappa shape index (κ2) is 6.91. The van der Waals surface area contributed by atoms with Crippen molar-refractivity contribution >= 4 is 17.7 Å². The standard InChI is InChI=1S/C12H23N3OS/c1-12(2,17-4)10-15-8-7-14-11(15)13-6-5-9-16-3/h7-8H,5-6,9-10H2,1-4H3,(H,13,14). The van der Waals surface area contributed by atoms with Crippen molar-refractivity contribution in [2.75, 3.05) is 31.8 Å². The van der Waals surface area contributed by atoms with Gasteiger partial charge in [-0.2, -0.15) is 11.8 Å². The molecule has 0 spiro atoms. The normalized spacial score (nSPS) is 11.8. The molecule has 0 atom stereocenters. The van der Waals surface area contributed by atoms with Crippen molar-refractivity contribution in [2.24, 2.45) is 0 Å². The highest BCUT2D eigenvalue weighted by atomic mass is 32.2. The number of aromatic nitrogens is 2. The van der Waals surface area contributed by atoms with Crippen LogP contribution < -0.4 is 5.32 Å². The third-order valence-electron chi connectivity index (χ3n) is 2.63. The molecule has 1 aromatic rings. The maximum absolute atomic E-state index is 5.02. The molecule has 0 saturated carbocycles. The largest absolute Gasteiger partial charge is 0.385 e. The first-order valence-corrected chi connectivity index (χ1v) is 7.10. The van der Waals surface area contributed by atoms with Crippen molar-refractivity contribution in [3.05, 3.63) is 12.4 Å². The minimum atomic E-state index is 0.226. The molecule has 0 bridgehead atoms. The topological polar surface area (TPSA) is 39.1 Å². The molecule has 17 heavy (non-hydrogen) atoms. The van der Waals surface area contributed by atoms with Crippen molar-refractivity contribution in [1.82, 2.24) is 9.55 Å². The van der Waals surface area contributed by atoms with Crippen LogP contribution in [0.1, 0.15) is 20.3 Å². The van der Waals surface area contributed by atoms with Crippen molar-refractivity contribution in [3.63, 3.8) is 0 Å². The Bertz CT molecular complexity index is 325. The van der Waals surface area contributed by atoms with E-state index in [0.29, 0.717) is 0 Å². The average Bonchev–Trinajstić information content (AvgIpc) is 2.71. The molecule has 4 nitrogen and oxygen atoms in total. The highest BCUT2D eigenvalue weighted by Crippen LogP contribution is 2.24. The summed E-state index contributed by atoms with van der Waals surface area (Å²) in [6.45, 7) is 7.12. The van der Waals surface area contributed by atoms with Gasteiger partial charge in [0.25, 0.3) is 0 Å². The Hall–Kier alpha value is -0.680. The van der Waals surface area contributed by atoms with Crippen LogP contribution in [0.5, 0.6) is 0 Å². The Kier molecular flexibility index (Phi) is 5.85. The molecule has 0 aliphatic heterocycles. The number of methoxy groups -OCH3 is 1. The predicted octanol–water partition coefficient (Wildman–Crippen LogP) is 2.47. The van der Waals surface area contributed by atoms with Crippen LogP contribution in [-0.4, -0.2) is 40.8 Å². The lowest BCUT2D eigenvalue weighted by Crippen LogP contribution is -2.23. The molecule has 0 aliphatic carbocycles. The number of anilines is 1. The first-order valence-electron chi connectivity index (χ1n) is 5.88. The predicted molar refractivity (Wildman–Crippen MR) is 74.8 cm³/mol. The van der Waals surface area contributed by atoms with Gasteiger partial charge in [-0.1, -0.05) is 0 Å². The molecule has 1 aromatic heterocycles. The molecule has 0 aliphatic rings. The van der Waals surface area contributed by atoms with Crippen LogP contribution in [0.15, 0.2) is 12.4 Å². The van der Waals surface area contributed by atoms with E-state index < -0.39 is 0 Å². The third kappa shape index (κ3) is 5.00. The van der Waals surface area contributed by atoms with Crippen molar-refractivity contribution < 1.29 is 4.74 Å². The van der Waals surface area contributed by atoms with Crippen LogP contribution >= 0.6 is 11.8 Å². The number of nitrogens with zero attached hydrogens (tertiary/aromatic N) is 2. The first kappa shape index (κ1) is 14.4. The highest BCUT2D eigenvalue weighted by Gasteiger charge is 2.18.